The standard InChI is InChI=1S/C10H16N4/c1-10(2)4-6-14(10)7-9-12-5-3-8(11)13-9/h3,5H,4,6-7H2,1-2H3,(H2,11,12,13). The lowest BCUT2D eigenvalue weighted by molar-refractivity contribution is 0.00568. The number of aromatic nitrogens is 2. The summed E-state index contributed by atoms with van der Waals surface area (Å²) in [7, 11) is 0. The molecule has 1 aromatic rings. The Bertz CT molecular complexity index is 335. The van der Waals surface area contributed by atoms with Crippen LogP contribution in [0.1, 0.15) is 26.1 Å². The van der Waals surface area contributed by atoms with E-state index in [9.17, 15) is 0 Å². The van der Waals surface area contributed by atoms with Crippen molar-refractivity contribution in [3.8, 4) is 0 Å². The van der Waals surface area contributed by atoms with E-state index in [-0.39, 0.29) is 0 Å². The molecule has 4 nitrogen and oxygen atoms in total. The number of nitrogens with two attached hydrogens (primary N) is 1. The monoisotopic (exact) mass is 192 g/mol. The first-order valence-electron chi connectivity index (χ1n) is 4.90. The minimum absolute atomic E-state index is 0.300. The molecular weight excluding hydrogens is 176 g/mol. The van der Waals surface area contributed by atoms with Crippen LogP contribution in [-0.2, 0) is 6.54 Å². The Morgan fingerprint density at radius 3 is 2.86 bits per heavy atom. The Morgan fingerprint density at radius 2 is 2.36 bits per heavy atom. The highest BCUT2D eigenvalue weighted by Gasteiger charge is 2.35. The van der Waals surface area contributed by atoms with Crippen molar-refractivity contribution in [1.82, 2.24) is 14.9 Å². The van der Waals surface area contributed by atoms with Crippen LogP contribution in [0.5, 0.6) is 0 Å². The van der Waals surface area contributed by atoms with Crippen molar-refractivity contribution in [3.63, 3.8) is 0 Å². The van der Waals surface area contributed by atoms with E-state index in [1.807, 2.05) is 0 Å². The van der Waals surface area contributed by atoms with Gasteiger partial charge in [0.1, 0.15) is 11.6 Å². The van der Waals surface area contributed by atoms with Gasteiger partial charge in [-0.1, -0.05) is 0 Å². The summed E-state index contributed by atoms with van der Waals surface area (Å²) in [6.07, 6.45) is 2.96. The lowest BCUT2D eigenvalue weighted by Gasteiger charge is -2.48. The fourth-order valence-electron chi connectivity index (χ4n) is 1.67. The molecule has 2 rings (SSSR count). The molecule has 0 atom stereocenters. The Balaban J connectivity index is 2.05. The van der Waals surface area contributed by atoms with E-state index in [1.165, 1.54) is 6.42 Å². The van der Waals surface area contributed by atoms with Crippen molar-refractivity contribution >= 4 is 5.82 Å². The van der Waals surface area contributed by atoms with Gasteiger partial charge in [0.25, 0.3) is 0 Å². The molecule has 1 fully saturated rings. The van der Waals surface area contributed by atoms with Gasteiger partial charge in [0.2, 0.25) is 0 Å². The van der Waals surface area contributed by atoms with Crippen LogP contribution >= 0.6 is 0 Å². The van der Waals surface area contributed by atoms with Gasteiger partial charge >= 0.3 is 0 Å². The van der Waals surface area contributed by atoms with Crippen LogP contribution in [-0.4, -0.2) is 27.0 Å². The third kappa shape index (κ3) is 1.70. The Hall–Kier alpha value is -1.16. The minimum atomic E-state index is 0.300. The molecule has 0 radical (unpaired) electrons. The van der Waals surface area contributed by atoms with Crippen molar-refractivity contribution in [2.45, 2.75) is 32.4 Å². The van der Waals surface area contributed by atoms with Crippen LogP contribution in [0.3, 0.4) is 0 Å². The molecule has 1 saturated heterocycles. The second-order valence-electron chi connectivity index (χ2n) is 4.38. The fraction of sp³-hybridized carbons (Fsp3) is 0.600. The zero-order chi connectivity index (χ0) is 10.2. The third-order valence-corrected chi connectivity index (χ3v) is 2.91. The van der Waals surface area contributed by atoms with Crippen LogP contribution in [0.25, 0.3) is 0 Å². The van der Waals surface area contributed by atoms with Crippen molar-refractivity contribution in [2.75, 3.05) is 12.3 Å². The topological polar surface area (TPSA) is 55.0 Å². The van der Waals surface area contributed by atoms with Gasteiger partial charge < -0.3 is 5.73 Å². The molecule has 14 heavy (non-hydrogen) atoms. The highest BCUT2D eigenvalue weighted by atomic mass is 15.3. The van der Waals surface area contributed by atoms with Crippen LogP contribution < -0.4 is 5.73 Å². The molecule has 0 spiro atoms. The lowest BCUT2D eigenvalue weighted by atomic mass is 9.89. The van der Waals surface area contributed by atoms with Gasteiger partial charge in [-0.2, -0.15) is 0 Å². The predicted molar refractivity (Wildman–Crippen MR) is 55.6 cm³/mol. The van der Waals surface area contributed by atoms with Crippen LogP contribution in [0.15, 0.2) is 12.3 Å². The average Bonchev–Trinajstić information content (AvgIpc) is 2.13. The molecule has 76 valence electrons. The van der Waals surface area contributed by atoms with Gasteiger partial charge in [0.15, 0.2) is 0 Å². The number of likely N-dealkylation sites (tertiary alicyclic amines) is 1. The zero-order valence-electron chi connectivity index (χ0n) is 8.70. The molecule has 2 heterocycles. The summed E-state index contributed by atoms with van der Waals surface area (Å²) < 4.78 is 0. The first-order valence-corrected chi connectivity index (χ1v) is 4.90. The first-order chi connectivity index (χ1) is 6.58. The second-order valence-corrected chi connectivity index (χ2v) is 4.38. The second kappa shape index (κ2) is 3.20. The third-order valence-electron chi connectivity index (χ3n) is 2.91. The van der Waals surface area contributed by atoms with Gasteiger partial charge in [0.05, 0.1) is 6.54 Å². The summed E-state index contributed by atoms with van der Waals surface area (Å²) in [6, 6.07) is 1.71. The first kappa shape index (κ1) is 9.40. The molecule has 2 N–H and O–H groups in total. The maximum Gasteiger partial charge on any atom is 0.144 e. The predicted octanol–water partition coefficient (Wildman–Crippen LogP) is 1.04. The van der Waals surface area contributed by atoms with E-state index in [0.717, 1.165) is 18.9 Å². The SMILES string of the molecule is CC1(C)CCN1Cc1nccc(N)n1. The largest absolute Gasteiger partial charge is 0.384 e. The zero-order valence-corrected chi connectivity index (χ0v) is 8.70. The number of hydrogen-bond acceptors (Lipinski definition) is 4. The highest BCUT2D eigenvalue weighted by molar-refractivity contribution is 5.25. The van der Waals surface area contributed by atoms with Crippen molar-refractivity contribution < 1.29 is 0 Å². The van der Waals surface area contributed by atoms with E-state index in [0.29, 0.717) is 11.4 Å². The molecule has 1 aliphatic heterocycles. The van der Waals surface area contributed by atoms with Gasteiger partial charge in [0, 0.05) is 18.3 Å². The summed E-state index contributed by atoms with van der Waals surface area (Å²) in [4.78, 5) is 10.7. The van der Waals surface area contributed by atoms with Crippen LogP contribution in [0, 0.1) is 0 Å². The van der Waals surface area contributed by atoms with Gasteiger partial charge in [-0.05, 0) is 26.3 Å². The van der Waals surface area contributed by atoms with Gasteiger partial charge in [-0.25, -0.2) is 9.97 Å². The number of hydrogen-bond donors (Lipinski definition) is 1. The molecule has 0 bridgehead atoms. The van der Waals surface area contributed by atoms with E-state index < -0.39 is 0 Å². The smallest absolute Gasteiger partial charge is 0.144 e. The van der Waals surface area contributed by atoms with Crippen LogP contribution in [0.2, 0.25) is 0 Å². The quantitative estimate of drug-likeness (QED) is 0.760. The number of rotatable bonds is 2. The molecule has 0 saturated carbocycles. The van der Waals surface area contributed by atoms with Crippen molar-refractivity contribution in [3.05, 3.63) is 18.1 Å². The Morgan fingerprint density at radius 1 is 1.57 bits per heavy atom. The van der Waals surface area contributed by atoms with E-state index in [2.05, 4.69) is 28.7 Å². The molecule has 0 aliphatic carbocycles. The van der Waals surface area contributed by atoms with E-state index in [4.69, 9.17) is 5.73 Å². The summed E-state index contributed by atoms with van der Waals surface area (Å²) in [6.45, 7) is 6.41. The lowest BCUT2D eigenvalue weighted by Crippen LogP contribution is -2.55. The van der Waals surface area contributed by atoms with Gasteiger partial charge in [-0.3, -0.25) is 4.90 Å². The average molecular weight is 192 g/mol. The Kier molecular flexibility index (Phi) is 2.15. The van der Waals surface area contributed by atoms with Crippen LogP contribution in [0.4, 0.5) is 5.82 Å². The fourth-order valence-corrected chi connectivity index (χ4v) is 1.67. The van der Waals surface area contributed by atoms with Gasteiger partial charge in [-0.15, -0.1) is 0 Å². The number of anilines is 1. The number of nitrogen functional groups attached to an aromatic ring is 1. The minimum Gasteiger partial charge on any atom is -0.384 e. The van der Waals surface area contributed by atoms with Crippen molar-refractivity contribution in [2.24, 2.45) is 0 Å². The molecule has 4 heteroatoms. The molecular formula is C10H16N4. The maximum absolute atomic E-state index is 5.59. The highest BCUT2D eigenvalue weighted by Crippen LogP contribution is 2.30. The normalized spacial score (nSPS) is 20.4. The molecule has 0 aromatic carbocycles. The van der Waals surface area contributed by atoms with E-state index >= 15 is 0 Å². The maximum atomic E-state index is 5.59. The van der Waals surface area contributed by atoms with Crippen molar-refractivity contribution in [1.29, 1.82) is 0 Å². The molecule has 0 amide bonds. The summed E-state index contributed by atoms with van der Waals surface area (Å²) >= 11 is 0. The Labute approximate surface area is 84.2 Å². The molecule has 1 aliphatic rings. The summed E-state index contributed by atoms with van der Waals surface area (Å²) in [5, 5.41) is 0. The van der Waals surface area contributed by atoms with E-state index in [1.54, 1.807) is 12.3 Å². The number of nitrogens with zero attached hydrogens (tertiary/aromatic N) is 3. The summed E-state index contributed by atoms with van der Waals surface area (Å²) in [5.41, 5.74) is 5.89. The summed E-state index contributed by atoms with van der Waals surface area (Å²) in [5.74, 6) is 1.37. The molecule has 1 aromatic heterocycles. The molecule has 0 unspecified atom stereocenters.